The smallest absolute Gasteiger partial charge is 0.193 e. The Morgan fingerprint density at radius 3 is 1.89 bits per heavy atom. The van der Waals surface area contributed by atoms with Crippen LogP contribution in [0.4, 0.5) is 0 Å². The van der Waals surface area contributed by atoms with E-state index in [0.717, 1.165) is 85.2 Å². The van der Waals surface area contributed by atoms with Crippen molar-refractivity contribution in [3.05, 3.63) is 218 Å². The van der Waals surface area contributed by atoms with E-state index in [0.29, 0.717) is 17.0 Å². The molecular formula is C52H52O. The molecular weight excluding hydrogens is 641 g/mol. The summed E-state index contributed by atoms with van der Waals surface area (Å²) in [6, 6.07) is 29.2. The summed E-state index contributed by atoms with van der Waals surface area (Å²) in [4.78, 5) is 14.8. The average Bonchev–Trinajstić information content (AvgIpc) is 3.20. The van der Waals surface area contributed by atoms with E-state index < -0.39 is 0 Å². The van der Waals surface area contributed by atoms with Crippen molar-refractivity contribution >= 4 is 28.1 Å². The highest BCUT2D eigenvalue weighted by Crippen LogP contribution is 2.36. The van der Waals surface area contributed by atoms with Gasteiger partial charge in [-0.25, -0.2) is 0 Å². The monoisotopic (exact) mass is 692 g/mol. The van der Waals surface area contributed by atoms with Gasteiger partial charge in [-0.2, -0.15) is 0 Å². The summed E-state index contributed by atoms with van der Waals surface area (Å²) in [5.41, 5.74) is 15.8. The van der Waals surface area contributed by atoms with E-state index in [1.165, 1.54) is 5.57 Å². The van der Waals surface area contributed by atoms with Gasteiger partial charge in [-0.3, -0.25) is 4.79 Å². The zero-order chi connectivity index (χ0) is 38.7. The first-order valence-corrected chi connectivity index (χ1v) is 18.1. The summed E-state index contributed by atoms with van der Waals surface area (Å²) in [5.74, 6) is 0.362. The van der Waals surface area contributed by atoms with Crippen LogP contribution < -0.4 is 0 Å². The van der Waals surface area contributed by atoms with E-state index in [4.69, 9.17) is 0 Å². The molecule has 266 valence electrons. The van der Waals surface area contributed by atoms with Gasteiger partial charge in [0.2, 0.25) is 0 Å². The quantitative estimate of drug-likeness (QED) is 0.0774. The Bertz CT molecular complexity index is 2210. The van der Waals surface area contributed by atoms with Gasteiger partial charge in [0.25, 0.3) is 0 Å². The molecule has 0 amide bonds. The second-order valence-corrected chi connectivity index (χ2v) is 13.4. The molecule has 0 spiro atoms. The molecule has 0 N–H and O–H groups in total. The van der Waals surface area contributed by atoms with Crippen molar-refractivity contribution in [2.75, 3.05) is 0 Å². The fourth-order valence-corrected chi connectivity index (χ4v) is 6.63. The first-order valence-electron chi connectivity index (χ1n) is 18.1. The molecule has 1 atom stereocenters. The molecule has 5 rings (SSSR count). The predicted molar refractivity (Wildman–Crippen MR) is 235 cm³/mol. The summed E-state index contributed by atoms with van der Waals surface area (Å²) in [6.07, 6.45) is 15.9. The van der Waals surface area contributed by atoms with Crippen LogP contribution >= 0.6 is 0 Å². The van der Waals surface area contributed by atoms with Crippen molar-refractivity contribution in [3.63, 3.8) is 0 Å². The van der Waals surface area contributed by atoms with Crippen LogP contribution in [0.3, 0.4) is 0 Å². The molecule has 0 heterocycles. The van der Waals surface area contributed by atoms with Crippen LogP contribution in [-0.2, 0) is 0 Å². The molecule has 0 saturated carbocycles. The van der Waals surface area contributed by atoms with Crippen LogP contribution in [0.5, 0.6) is 0 Å². The molecule has 1 aliphatic rings. The van der Waals surface area contributed by atoms with Gasteiger partial charge in [-0.1, -0.05) is 118 Å². The number of hydrogen-bond donors (Lipinski definition) is 0. The summed E-state index contributed by atoms with van der Waals surface area (Å²) < 4.78 is 0. The minimum atomic E-state index is -0.0327. The first kappa shape index (κ1) is 39.7. The fourth-order valence-electron chi connectivity index (χ4n) is 6.63. The molecule has 53 heavy (non-hydrogen) atoms. The standard InChI is InChI=1S/C50H48O.C2H4/c1-10-14-17-35(8)43-26-44(40-20-15-18-38(24-40)34(7)11-2)29-47(27-43)50(51)48-30-45(41-21-16-19-39(25-41)37(12-3)13-4)28-46(31-48)42-23-22-36(9)49(32-42)33(5)6;1-2/h10-13,15-21,23-32,36H,1-3,5,7,14,22H2,4,6,8-9H3;1-2H2/b35-17+,37-13+;. The number of hydrogen-bond acceptors (Lipinski definition) is 1. The molecule has 0 fully saturated rings. The van der Waals surface area contributed by atoms with Gasteiger partial charge in [0.1, 0.15) is 0 Å². The maximum atomic E-state index is 14.8. The summed E-state index contributed by atoms with van der Waals surface area (Å²) >= 11 is 0. The van der Waals surface area contributed by atoms with Crippen molar-refractivity contribution in [1.29, 1.82) is 0 Å². The highest BCUT2D eigenvalue weighted by atomic mass is 16.1. The number of allylic oxidation sites excluding steroid dienone is 13. The van der Waals surface area contributed by atoms with Crippen molar-refractivity contribution in [2.24, 2.45) is 5.92 Å². The second kappa shape index (κ2) is 18.4. The van der Waals surface area contributed by atoms with Gasteiger partial charge >= 0.3 is 0 Å². The van der Waals surface area contributed by atoms with Crippen LogP contribution in [-0.4, -0.2) is 5.78 Å². The second-order valence-electron chi connectivity index (χ2n) is 13.4. The highest BCUT2D eigenvalue weighted by molar-refractivity contribution is 6.11. The largest absolute Gasteiger partial charge is 0.289 e. The molecule has 0 radical (unpaired) electrons. The molecule has 1 aliphatic carbocycles. The highest BCUT2D eigenvalue weighted by Gasteiger charge is 2.20. The maximum absolute atomic E-state index is 14.8. The number of rotatable bonds is 13. The maximum Gasteiger partial charge on any atom is 0.193 e. The van der Waals surface area contributed by atoms with Crippen LogP contribution in [0.25, 0.3) is 44.5 Å². The minimum absolute atomic E-state index is 0.0327. The lowest BCUT2D eigenvalue weighted by molar-refractivity contribution is 0.103. The Labute approximate surface area is 318 Å². The Morgan fingerprint density at radius 2 is 1.28 bits per heavy atom. The number of carbonyl (C=O) groups excluding carboxylic acids is 1. The van der Waals surface area contributed by atoms with Gasteiger partial charge in [0, 0.05) is 11.1 Å². The summed E-state index contributed by atoms with van der Waals surface area (Å²) in [5, 5.41) is 0. The van der Waals surface area contributed by atoms with Crippen LogP contribution in [0.1, 0.15) is 78.7 Å². The SMILES string of the molecule is C=C.C=CC/C=C(\C)c1cc(C(=O)c2cc(C3=CCC(C)C(C(=C)C)=C3)cc(-c3cccc(/C(C=C)=C/C)c3)c2)cc(-c2cccc(C(=C)C=C)c2)c1. The van der Waals surface area contributed by atoms with Crippen molar-refractivity contribution in [1.82, 2.24) is 0 Å². The van der Waals surface area contributed by atoms with Crippen molar-refractivity contribution in [3.8, 4) is 22.3 Å². The van der Waals surface area contributed by atoms with Gasteiger partial charge in [0.15, 0.2) is 5.78 Å². The van der Waals surface area contributed by atoms with Gasteiger partial charge < -0.3 is 0 Å². The number of benzene rings is 4. The predicted octanol–water partition coefficient (Wildman–Crippen LogP) is 14.7. The first-order chi connectivity index (χ1) is 25.6. The average molecular weight is 693 g/mol. The number of carbonyl (C=O) groups is 1. The lowest BCUT2D eigenvalue weighted by Crippen LogP contribution is -2.07. The molecule has 4 aromatic carbocycles. The third-order valence-electron chi connectivity index (χ3n) is 9.67. The van der Waals surface area contributed by atoms with Crippen molar-refractivity contribution < 1.29 is 4.79 Å². The van der Waals surface area contributed by atoms with E-state index in [-0.39, 0.29) is 5.78 Å². The Hall–Kier alpha value is -6.05. The fraction of sp³-hybridized carbons (Fsp3) is 0.135. The minimum Gasteiger partial charge on any atom is -0.289 e. The van der Waals surface area contributed by atoms with Gasteiger partial charge in [0.05, 0.1) is 0 Å². The molecule has 0 aromatic heterocycles. The van der Waals surface area contributed by atoms with E-state index in [1.54, 1.807) is 6.08 Å². The topological polar surface area (TPSA) is 17.1 Å². The molecule has 0 bridgehead atoms. The molecule has 1 nitrogen and oxygen atoms in total. The zero-order valence-corrected chi connectivity index (χ0v) is 32.0. The van der Waals surface area contributed by atoms with Crippen LogP contribution in [0.2, 0.25) is 0 Å². The Balaban J connectivity index is 0.00000308. The molecule has 1 unspecified atom stereocenters. The van der Waals surface area contributed by atoms with E-state index in [1.807, 2.05) is 55.5 Å². The lowest BCUT2D eigenvalue weighted by Gasteiger charge is -2.22. The third kappa shape index (κ3) is 9.44. The van der Waals surface area contributed by atoms with E-state index in [9.17, 15) is 4.79 Å². The molecule has 1 heteroatoms. The number of ketones is 1. The van der Waals surface area contributed by atoms with Gasteiger partial charge in [-0.05, 0) is 160 Å². The van der Waals surface area contributed by atoms with Crippen LogP contribution in [0, 0.1) is 5.92 Å². The lowest BCUT2D eigenvalue weighted by atomic mass is 9.83. The van der Waals surface area contributed by atoms with E-state index >= 15 is 0 Å². The zero-order valence-electron chi connectivity index (χ0n) is 32.0. The molecule has 0 saturated heterocycles. The Morgan fingerprint density at radius 1 is 0.717 bits per heavy atom. The normalized spacial score (nSPS) is 14.2. The Kier molecular flexibility index (Phi) is 13.8. The molecule has 0 aliphatic heterocycles. The third-order valence-corrected chi connectivity index (χ3v) is 9.67. The van der Waals surface area contributed by atoms with E-state index in [2.05, 4.69) is 140 Å². The molecule has 4 aromatic rings. The summed E-state index contributed by atoms with van der Waals surface area (Å²) in [6.45, 7) is 34.6. The van der Waals surface area contributed by atoms with Gasteiger partial charge in [-0.15, -0.1) is 19.7 Å². The summed E-state index contributed by atoms with van der Waals surface area (Å²) in [7, 11) is 0. The van der Waals surface area contributed by atoms with Crippen molar-refractivity contribution in [2.45, 2.75) is 40.5 Å². The van der Waals surface area contributed by atoms with Crippen LogP contribution in [0.15, 0.2) is 185 Å².